The van der Waals surface area contributed by atoms with Gasteiger partial charge in [0.2, 0.25) is 0 Å². The highest BCUT2D eigenvalue weighted by Gasteiger charge is 2.16. The molecule has 0 spiro atoms. The largest absolute Gasteiger partial charge is 0.252 e. The zero-order valence-electron chi connectivity index (χ0n) is 8.42. The minimum absolute atomic E-state index is 0.965. The fourth-order valence-electron chi connectivity index (χ4n) is 2.26. The molecule has 0 fully saturated rings. The van der Waals surface area contributed by atoms with Crippen molar-refractivity contribution in [2.75, 3.05) is 0 Å². The average molecular weight is 238 g/mol. The van der Waals surface area contributed by atoms with Gasteiger partial charge < -0.3 is 0 Å². The molecule has 0 saturated carbocycles. The number of fused-ring (bicyclic) bond motifs is 2. The van der Waals surface area contributed by atoms with Crippen molar-refractivity contribution in [3.05, 3.63) is 27.7 Å². The fourth-order valence-corrected chi connectivity index (χ4v) is 3.49. The standard InChI is InChI=1S/C12H12ClNS/c13-11-8-4-2-1-3-5-9(8)14-10-6-7-15-12(10)11/h6-7H,1-5H2. The van der Waals surface area contributed by atoms with Crippen molar-refractivity contribution in [1.82, 2.24) is 4.98 Å². The number of hydrogen-bond acceptors (Lipinski definition) is 2. The highest BCUT2D eigenvalue weighted by molar-refractivity contribution is 7.17. The summed E-state index contributed by atoms with van der Waals surface area (Å²) in [4.78, 5) is 4.72. The molecule has 0 amide bonds. The Balaban J connectivity index is 2.28. The summed E-state index contributed by atoms with van der Waals surface area (Å²) < 4.78 is 1.16. The molecule has 78 valence electrons. The van der Waals surface area contributed by atoms with Crippen LogP contribution in [0.4, 0.5) is 0 Å². The average Bonchev–Trinajstić information content (AvgIpc) is 2.56. The molecule has 0 N–H and O–H groups in total. The summed E-state index contributed by atoms with van der Waals surface area (Å²) in [6.45, 7) is 0. The molecule has 0 aliphatic heterocycles. The molecule has 3 heteroatoms. The van der Waals surface area contributed by atoms with Gasteiger partial charge in [-0.25, -0.2) is 0 Å². The summed E-state index contributed by atoms with van der Waals surface area (Å²) in [7, 11) is 0. The fraction of sp³-hybridized carbons (Fsp3) is 0.417. The Kier molecular flexibility index (Phi) is 2.41. The summed E-state index contributed by atoms with van der Waals surface area (Å²) in [6, 6.07) is 2.07. The molecule has 0 unspecified atom stereocenters. The van der Waals surface area contributed by atoms with Crippen LogP contribution in [0.3, 0.4) is 0 Å². The van der Waals surface area contributed by atoms with Crippen LogP contribution in [0, 0.1) is 0 Å². The quantitative estimate of drug-likeness (QED) is 0.626. The monoisotopic (exact) mass is 237 g/mol. The van der Waals surface area contributed by atoms with Crippen molar-refractivity contribution >= 4 is 33.2 Å². The van der Waals surface area contributed by atoms with Gasteiger partial charge in [0.25, 0.3) is 0 Å². The van der Waals surface area contributed by atoms with Crippen molar-refractivity contribution < 1.29 is 0 Å². The van der Waals surface area contributed by atoms with Crippen molar-refractivity contribution in [3.63, 3.8) is 0 Å². The smallest absolute Gasteiger partial charge is 0.0828 e. The van der Waals surface area contributed by atoms with Gasteiger partial charge in [-0.2, -0.15) is 0 Å². The van der Waals surface area contributed by atoms with E-state index in [2.05, 4.69) is 11.4 Å². The van der Waals surface area contributed by atoms with Gasteiger partial charge >= 0.3 is 0 Å². The molecular weight excluding hydrogens is 226 g/mol. The first kappa shape index (κ1) is 9.61. The van der Waals surface area contributed by atoms with Gasteiger partial charge in [0.15, 0.2) is 0 Å². The van der Waals surface area contributed by atoms with E-state index in [9.17, 15) is 0 Å². The van der Waals surface area contributed by atoms with Crippen LogP contribution in [0.25, 0.3) is 10.2 Å². The van der Waals surface area contributed by atoms with Crippen molar-refractivity contribution in [1.29, 1.82) is 0 Å². The number of halogens is 1. The van der Waals surface area contributed by atoms with Crippen LogP contribution < -0.4 is 0 Å². The summed E-state index contributed by atoms with van der Waals surface area (Å²) in [5.41, 5.74) is 3.62. The van der Waals surface area contributed by atoms with Gasteiger partial charge in [0.05, 0.1) is 15.2 Å². The second-order valence-electron chi connectivity index (χ2n) is 4.05. The van der Waals surface area contributed by atoms with Crippen LogP contribution in [-0.2, 0) is 12.8 Å². The molecule has 0 radical (unpaired) electrons. The van der Waals surface area contributed by atoms with Gasteiger partial charge in [0.1, 0.15) is 0 Å². The Morgan fingerprint density at radius 1 is 1.20 bits per heavy atom. The predicted octanol–water partition coefficient (Wildman–Crippen LogP) is 4.22. The van der Waals surface area contributed by atoms with Crippen LogP contribution in [0.15, 0.2) is 11.4 Å². The Bertz CT molecular complexity index is 504. The third-order valence-electron chi connectivity index (χ3n) is 3.05. The number of thiophene rings is 1. The molecule has 15 heavy (non-hydrogen) atoms. The van der Waals surface area contributed by atoms with Crippen LogP contribution in [0.5, 0.6) is 0 Å². The third kappa shape index (κ3) is 1.56. The van der Waals surface area contributed by atoms with E-state index in [1.165, 1.54) is 30.5 Å². The van der Waals surface area contributed by atoms with E-state index in [4.69, 9.17) is 16.6 Å². The maximum Gasteiger partial charge on any atom is 0.0828 e. The molecule has 2 aromatic heterocycles. The summed E-state index contributed by atoms with van der Waals surface area (Å²) in [5, 5.41) is 3.04. The maximum absolute atomic E-state index is 6.44. The first-order valence-electron chi connectivity index (χ1n) is 5.41. The van der Waals surface area contributed by atoms with Crippen molar-refractivity contribution in [3.8, 4) is 0 Å². The topological polar surface area (TPSA) is 12.9 Å². The number of pyridine rings is 1. The second kappa shape index (κ2) is 3.76. The molecule has 2 heterocycles. The number of rotatable bonds is 0. The first-order chi connectivity index (χ1) is 7.36. The second-order valence-corrected chi connectivity index (χ2v) is 5.34. The third-order valence-corrected chi connectivity index (χ3v) is 4.50. The van der Waals surface area contributed by atoms with E-state index in [1.54, 1.807) is 11.3 Å². The number of aryl methyl sites for hydroxylation is 1. The van der Waals surface area contributed by atoms with E-state index < -0.39 is 0 Å². The molecular formula is C12H12ClNS. The van der Waals surface area contributed by atoms with Crippen molar-refractivity contribution in [2.24, 2.45) is 0 Å². The summed E-state index contributed by atoms with van der Waals surface area (Å²) in [6.07, 6.45) is 6.02. The highest BCUT2D eigenvalue weighted by Crippen LogP contribution is 2.34. The molecule has 1 nitrogen and oxygen atoms in total. The molecule has 3 rings (SSSR count). The lowest BCUT2D eigenvalue weighted by Crippen LogP contribution is -1.96. The SMILES string of the molecule is Clc1c2c(nc3ccsc13)CCCCC2. The zero-order valence-corrected chi connectivity index (χ0v) is 10.00. The Labute approximate surface area is 98.1 Å². The van der Waals surface area contributed by atoms with Gasteiger partial charge in [-0.1, -0.05) is 18.0 Å². The zero-order chi connectivity index (χ0) is 10.3. The van der Waals surface area contributed by atoms with E-state index in [0.717, 1.165) is 28.1 Å². The molecule has 0 bridgehead atoms. The van der Waals surface area contributed by atoms with Gasteiger partial charge in [0, 0.05) is 5.69 Å². The maximum atomic E-state index is 6.44. The minimum Gasteiger partial charge on any atom is -0.252 e. The van der Waals surface area contributed by atoms with Crippen molar-refractivity contribution in [2.45, 2.75) is 32.1 Å². The van der Waals surface area contributed by atoms with E-state index >= 15 is 0 Å². The lowest BCUT2D eigenvalue weighted by atomic mass is 10.1. The Morgan fingerprint density at radius 2 is 2.07 bits per heavy atom. The molecule has 1 aliphatic carbocycles. The Hall–Kier alpha value is -0.600. The predicted molar refractivity (Wildman–Crippen MR) is 65.9 cm³/mol. The normalized spacial score (nSPS) is 16.3. The number of hydrogen-bond donors (Lipinski definition) is 0. The molecule has 1 aliphatic rings. The molecule has 2 aromatic rings. The van der Waals surface area contributed by atoms with Crippen LogP contribution >= 0.6 is 22.9 Å². The molecule has 0 aromatic carbocycles. The van der Waals surface area contributed by atoms with Gasteiger partial charge in [-0.3, -0.25) is 4.98 Å². The van der Waals surface area contributed by atoms with Crippen LogP contribution in [0.1, 0.15) is 30.5 Å². The van der Waals surface area contributed by atoms with E-state index in [0.29, 0.717) is 0 Å². The van der Waals surface area contributed by atoms with Crippen LogP contribution in [0.2, 0.25) is 5.02 Å². The van der Waals surface area contributed by atoms with Gasteiger partial charge in [-0.15, -0.1) is 11.3 Å². The minimum atomic E-state index is 0.965. The summed E-state index contributed by atoms with van der Waals surface area (Å²) >= 11 is 8.14. The Morgan fingerprint density at radius 3 is 3.00 bits per heavy atom. The molecule has 0 saturated heterocycles. The first-order valence-corrected chi connectivity index (χ1v) is 6.66. The van der Waals surface area contributed by atoms with E-state index in [1.807, 2.05) is 0 Å². The van der Waals surface area contributed by atoms with Gasteiger partial charge in [-0.05, 0) is 42.7 Å². The summed E-state index contributed by atoms with van der Waals surface area (Å²) in [5.74, 6) is 0. The van der Waals surface area contributed by atoms with E-state index in [-0.39, 0.29) is 0 Å². The van der Waals surface area contributed by atoms with Crippen LogP contribution in [-0.4, -0.2) is 4.98 Å². The number of nitrogens with zero attached hydrogens (tertiary/aromatic N) is 1. The lowest BCUT2D eigenvalue weighted by molar-refractivity contribution is 0.709. The number of aromatic nitrogens is 1. The highest BCUT2D eigenvalue weighted by atomic mass is 35.5. The molecule has 0 atom stereocenters. The lowest BCUT2D eigenvalue weighted by Gasteiger charge is -2.07.